The van der Waals surface area contributed by atoms with Crippen LogP contribution in [0.1, 0.15) is 5.56 Å². The van der Waals surface area contributed by atoms with Crippen LogP contribution in [-0.2, 0) is 13.2 Å². The summed E-state index contributed by atoms with van der Waals surface area (Å²) in [6.45, 7) is 3.85. The summed E-state index contributed by atoms with van der Waals surface area (Å²) in [7, 11) is 0. The molecule has 0 spiro atoms. The molecule has 0 aliphatic carbocycles. The minimum absolute atomic E-state index is 0.0500. The highest BCUT2D eigenvalue weighted by Gasteiger charge is 2.23. The number of fused-ring (bicyclic) bond motifs is 3. The molecule has 0 atom stereocenters. The van der Waals surface area contributed by atoms with Crippen LogP contribution in [0, 0.1) is 0 Å². The Labute approximate surface area is 210 Å². The number of benzene rings is 1. The molecule has 1 amide bonds. The minimum Gasteiger partial charge on any atom is -0.461 e. The van der Waals surface area contributed by atoms with Gasteiger partial charge in [-0.1, -0.05) is 12.1 Å². The zero-order chi connectivity index (χ0) is 25.4. The highest BCUT2D eigenvalue weighted by Crippen LogP contribution is 2.23. The van der Waals surface area contributed by atoms with Crippen LogP contribution in [0.25, 0.3) is 28.3 Å². The van der Waals surface area contributed by atoms with E-state index in [1.54, 1.807) is 53.8 Å². The summed E-state index contributed by atoms with van der Waals surface area (Å²) in [6, 6.07) is 10.4. The molecule has 1 fully saturated rings. The van der Waals surface area contributed by atoms with Crippen molar-refractivity contribution in [3.63, 3.8) is 0 Å². The number of anilines is 1. The summed E-state index contributed by atoms with van der Waals surface area (Å²) in [6.07, 6.45) is 2.91. The van der Waals surface area contributed by atoms with Gasteiger partial charge in [0, 0.05) is 32.7 Å². The lowest BCUT2D eigenvalue weighted by Gasteiger charge is -2.33. The molecule has 1 aliphatic rings. The molecule has 1 saturated heterocycles. The van der Waals surface area contributed by atoms with Gasteiger partial charge in [0.05, 0.1) is 31.0 Å². The van der Waals surface area contributed by atoms with Gasteiger partial charge in [0.25, 0.3) is 0 Å². The molecule has 0 bridgehead atoms. The highest BCUT2D eigenvalue weighted by molar-refractivity contribution is 5.90. The number of aromatic nitrogens is 6. The van der Waals surface area contributed by atoms with Gasteiger partial charge in [0.1, 0.15) is 5.75 Å². The third kappa shape index (κ3) is 4.45. The van der Waals surface area contributed by atoms with Crippen LogP contribution in [-0.4, -0.2) is 83.1 Å². The van der Waals surface area contributed by atoms with Crippen molar-refractivity contribution >= 4 is 28.7 Å². The van der Waals surface area contributed by atoms with Crippen LogP contribution >= 0.6 is 0 Å². The second-order valence-corrected chi connectivity index (χ2v) is 8.72. The fourth-order valence-corrected chi connectivity index (χ4v) is 4.35. The Morgan fingerprint density at radius 2 is 1.86 bits per heavy atom. The van der Waals surface area contributed by atoms with Gasteiger partial charge in [-0.25, -0.2) is 14.5 Å². The van der Waals surface area contributed by atoms with Gasteiger partial charge in [-0.3, -0.25) is 4.90 Å². The molecule has 13 heteroatoms. The monoisotopic (exact) mass is 503 g/mol. The average molecular weight is 504 g/mol. The van der Waals surface area contributed by atoms with E-state index in [1.165, 1.54) is 4.52 Å². The quantitative estimate of drug-likeness (QED) is 0.349. The van der Waals surface area contributed by atoms with Crippen molar-refractivity contribution in [3.8, 4) is 17.3 Å². The number of rotatable bonds is 6. The average Bonchev–Trinajstić information content (AvgIpc) is 3.68. The zero-order valence-electron chi connectivity index (χ0n) is 19.9. The maximum Gasteiger partial charge on any atom is 0.415 e. The van der Waals surface area contributed by atoms with Crippen LogP contribution in [0.2, 0.25) is 0 Å². The maximum atomic E-state index is 12.5. The number of furan rings is 1. The Bertz CT molecular complexity index is 1530. The number of hydrogen-bond donors (Lipinski definition) is 2. The van der Waals surface area contributed by atoms with Crippen LogP contribution in [0.3, 0.4) is 0 Å². The topological polar surface area (TPSA) is 153 Å². The lowest BCUT2D eigenvalue weighted by molar-refractivity contribution is 0.109. The first-order valence-electron chi connectivity index (χ1n) is 11.9. The van der Waals surface area contributed by atoms with Gasteiger partial charge >= 0.3 is 6.09 Å². The van der Waals surface area contributed by atoms with Crippen molar-refractivity contribution in [1.82, 2.24) is 39.2 Å². The molecule has 0 unspecified atom stereocenters. The van der Waals surface area contributed by atoms with Gasteiger partial charge in [-0.15, -0.1) is 5.10 Å². The van der Waals surface area contributed by atoms with E-state index in [0.29, 0.717) is 61.4 Å². The number of carbonyl (C=O) groups is 1. The van der Waals surface area contributed by atoms with Crippen LogP contribution in [0.4, 0.5) is 10.7 Å². The van der Waals surface area contributed by atoms with Crippen molar-refractivity contribution < 1.29 is 19.1 Å². The summed E-state index contributed by atoms with van der Waals surface area (Å²) in [5, 5.41) is 18.8. The van der Waals surface area contributed by atoms with Gasteiger partial charge in [0.2, 0.25) is 11.8 Å². The Balaban J connectivity index is 1.08. The van der Waals surface area contributed by atoms with E-state index in [2.05, 4.69) is 25.1 Å². The predicted molar refractivity (Wildman–Crippen MR) is 133 cm³/mol. The SMILES string of the molecule is Nc1nc2c(cnn2CCN2CCN(C(=O)Oc3ccc(CO)cc3)CC2)c2nc(-c3ccco3)nn12. The van der Waals surface area contributed by atoms with E-state index in [-0.39, 0.29) is 18.6 Å². The van der Waals surface area contributed by atoms with Crippen LogP contribution in [0.15, 0.2) is 53.3 Å². The highest BCUT2D eigenvalue weighted by atomic mass is 16.6. The van der Waals surface area contributed by atoms with Gasteiger partial charge in [0.15, 0.2) is 17.1 Å². The molecule has 5 aromatic rings. The Morgan fingerprint density at radius 3 is 2.59 bits per heavy atom. The molecule has 190 valence electrons. The fraction of sp³-hybridized carbons (Fsp3) is 0.292. The largest absolute Gasteiger partial charge is 0.461 e. The van der Waals surface area contributed by atoms with Gasteiger partial charge < -0.3 is 24.9 Å². The molecule has 4 aromatic heterocycles. The molecule has 1 aliphatic heterocycles. The zero-order valence-corrected chi connectivity index (χ0v) is 19.9. The molecule has 3 N–H and O–H groups in total. The summed E-state index contributed by atoms with van der Waals surface area (Å²) in [4.78, 5) is 25.6. The molecule has 13 nitrogen and oxygen atoms in total. The number of hydrogen-bond acceptors (Lipinski definition) is 10. The maximum absolute atomic E-state index is 12.5. The third-order valence-electron chi connectivity index (χ3n) is 6.41. The van der Waals surface area contributed by atoms with Crippen LogP contribution in [0.5, 0.6) is 5.75 Å². The smallest absolute Gasteiger partial charge is 0.415 e. The lowest BCUT2D eigenvalue weighted by atomic mass is 10.2. The Hall–Kier alpha value is -4.49. The molecule has 6 rings (SSSR count). The van der Waals surface area contributed by atoms with E-state index in [9.17, 15) is 4.79 Å². The first-order chi connectivity index (χ1) is 18.1. The number of piperazine rings is 1. The molecule has 0 radical (unpaired) electrons. The number of nitrogen functional groups attached to an aromatic ring is 1. The standard InChI is InChI=1S/C24H25N9O4/c25-23-28-21-18(22-27-20(29-33(22)23)19-2-1-13-36-19)14-26-32(21)12-9-30-7-10-31(11-8-30)24(35)37-17-5-3-16(15-34)4-6-17/h1-6,13-14,34H,7-12,15H2,(H2,25,28). The van der Waals surface area contributed by atoms with Crippen molar-refractivity contribution in [3.05, 3.63) is 54.4 Å². The third-order valence-corrected chi connectivity index (χ3v) is 6.41. The fourth-order valence-electron chi connectivity index (χ4n) is 4.35. The number of amides is 1. The lowest BCUT2D eigenvalue weighted by Crippen LogP contribution is -2.50. The Kier molecular flexibility index (Phi) is 5.90. The number of carbonyl (C=O) groups excluding carboxylic acids is 1. The molecule has 37 heavy (non-hydrogen) atoms. The first-order valence-corrected chi connectivity index (χ1v) is 11.9. The van der Waals surface area contributed by atoms with Gasteiger partial charge in [-0.05, 0) is 29.8 Å². The molecular formula is C24H25N9O4. The van der Waals surface area contributed by atoms with E-state index in [4.69, 9.17) is 20.0 Å². The minimum atomic E-state index is -0.375. The van der Waals surface area contributed by atoms with Crippen molar-refractivity contribution in [2.75, 3.05) is 38.5 Å². The number of nitrogens with two attached hydrogens (primary N) is 1. The molecule has 1 aromatic carbocycles. The van der Waals surface area contributed by atoms with E-state index in [0.717, 1.165) is 17.5 Å². The molecule has 0 saturated carbocycles. The van der Waals surface area contributed by atoms with E-state index >= 15 is 0 Å². The second-order valence-electron chi connectivity index (χ2n) is 8.72. The van der Waals surface area contributed by atoms with E-state index in [1.807, 2.05) is 4.68 Å². The molecular weight excluding hydrogens is 478 g/mol. The summed E-state index contributed by atoms with van der Waals surface area (Å²) in [5.41, 5.74) is 8.15. The number of nitrogens with zero attached hydrogens (tertiary/aromatic N) is 8. The normalized spacial score (nSPS) is 14.6. The van der Waals surface area contributed by atoms with Crippen LogP contribution < -0.4 is 10.5 Å². The summed E-state index contributed by atoms with van der Waals surface area (Å²) >= 11 is 0. The second kappa shape index (κ2) is 9.52. The van der Waals surface area contributed by atoms with Gasteiger partial charge in [-0.2, -0.15) is 14.6 Å². The summed E-state index contributed by atoms with van der Waals surface area (Å²) < 4.78 is 14.2. The van der Waals surface area contributed by atoms with E-state index < -0.39 is 0 Å². The number of ether oxygens (including phenoxy) is 1. The Morgan fingerprint density at radius 1 is 1.05 bits per heavy atom. The number of aliphatic hydroxyl groups excluding tert-OH is 1. The molecule has 5 heterocycles. The summed E-state index contributed by atoms with van der Waals surface area (Å²) in [5.74, 6) is 1.65. The predicted octanol–water partition coefficient (Wildman–Crippen LogP) is 1.63. The number of aliphatic hydroxyl groups is 1. The first kappa shape index (κ1) is 22.9. The van der Waals surface area contributed by atoms with Crippen molar-refractivity contribution in [2.45, 2.75) is 13.2 Å². The van der Waals surface area contributed by atoms with Crippen molar-refractivity contribution in [2.24, 2.45) is 0 Å². The van der Waals surface area contributed by atoms with Crippen molar-refractivity contribution in [1.29, 1.82) is 0 Å².